The van der Waals surface area contributed by atoms with Crippen LogP contribution in [0.5, 0.6) is 11.5 Å². The van der Waals surface area contributed by atoms with Gasteiger partial charge < -0.3 is 15.4 Å². The molecular formula is C18H19N3O3. The van der Waals surface area contributed by atoms with E-state index in [4.69, 9.17) is 4.74 Å². The fraction of sp³-hybridized carbons (Fsp3) is 0.278. The van der Waals surface area contributed by atoms with Crippen LogP contribution in [0.2, 0.25) is 0 Å². The number of ether oxygens (including phenoxy) is 1. The monoisotopic (exact) mass is 325 g/mol. The Bertz CT molecular complexity index is 733. The molecule has 6 nitrogen and oxygen atoms in total. The molecule has 0 radical (unpaired) electrons. The van der Waals surface area contributed by atoms with Crippen LogP contribution in [-0.4, -0.2) is 28.9 Å². The van der Waals surface area contributed by atoms with Gasteiger partial charge in [0.2, 0.25) is 5.91 Å². The third-order valence-electron chi connectivity index (χ3n) is 3.99. The van der Waals surface area contributed by atoms with E-state index in [1.54, 1.807) is 12.3 Å². The first-order chi connectivity index (χ1) is 11.6. The van der Waals surface area contributed by atoms with E-state index in [0.29, 0.717) is 29.9 Å². The van der Waals surface area contributed by atoms with Crippen LogP contribution in [0, 0.1) is 0 Å². The van der Waals surface area contributed by atoms with Gasteiger partial charge in [-0.15, -0.1) is 0 Å². The van der Waals surface area contributed by atoms with Crippen molar-refractivity contribution in [1.82, 2.24) is 15.6 Å². The fourth-order valence-corrected chi connectivity index (χ4v) is 2.67. The fourth-order valence-electron chi connectivity index (χ4n) is 2.67. The van der Waals surface area contributed by atoms with Gasteiger partial charge in [-0.2, -0.15) is 0 Å². The van der Waals surface area contributed by atoms with Gasteiger partial charge in [0.25, 0.3) is 5.91 Å². The van der Waals surface area contributed by atoms with Crippen LogP contribution in [0.1, 0.15) is 30.1 Å². The van der Waals surface area contributed by atoms with Gasteiger partial charge in [0.05, 0.1) is 11.8 Å². The maximum atomic E-state index is 12.6. The van der Waals surface area contributed by atoms with Gasteiger partial charge in [0, 0.05) is 24.7 Å². The summed E-state index contributed by atoms with van der Waals surface area (Å²) in [7, 11) is 0. The second kappa shape index (κ2) is 7.12. The lowest BCUT2D eigenvalue weighted by atomic mass is 9.99. The Balaban J connectivity index is 1.74. The Morgan fingerprint density at radius 3 is 2.83 bits per heavy atom. The van der Waals surface area contributed by atoms with E-state index in [2.05, 4.69) is 15.6 Å². The second-order valence-electron chi connectivity index (χ2n) is 5.76. The van der Waals surface area contributed by atoms with Crippen molar-refractivity contribution < 1.29 is 14.3 Å². The van der Waals surface area contributed by atoms with Crippen LogP contribution in [0.25, 0.3) is 0 Å². The molecule has 2 amide bonds. The molecule has 24 heavy (non-hydrogen) atoms. The Morgan fingerprint density at radius 2 is 2.08 bits per heavy atom. The third-order valence-corrected chi connectivity index (χ3v) is 3.99. The van der Waals surface area contributed by atoms with Crippen LogP contribution in [0.4, 0.5) is 0 Å². The van der Waals surface area contributed by atoms with Crippen LogP contribution >= 0.6 is 0 Å². The smallest absolute Gasteiger partial charge is 0.255 e. The van der Waals surface area contributed by atoms with E-state index in [9.17, 15) is 9.59 Å². The quantitative estimate of drug-likeness (QED) is 0.904. The Labute approximate surface area is 140 Å². The molecule has 0 saturated carbocycles. The highest BCUT2D eigenvalue weighted by atomic mass is 16.5. The minimum atomic E-state index is -0.240. The normalized spacial score (nSPS) is 20.1. The molecular weight excluding hydrogens is 306 g/mol. The SMILES string of the molecule is CC1NC(=O)CCC1NC(=O)c1ccncc1Oc1ccccc1. The number of carbonyl (C=O) groups is 2. The molecule has 0 aliphatic carbocycles. The average molecular weight is 325 g/mol. The molecule has 0 spiro atoms. The average Bonchev–Trinajstić information content (AvgIpc) is 2.59. The summed E-state index contributed by atoms with van der Waals surface area (Å²) in [5.41, 5.74) is 0.415. The molecule has 6 heteroatoms. The maximum Gasteiger partial charge on any atom is 0.255 e. The lowest BCUT2D eigenvalue weighted by molar-refractivity contribution is -0.123. The zero-order chi connectivity index (χ0) is 16.9. The van der Waals surface area contributed by atoms with E-state index in [-0.39, 0.29) is 23.9 Å². The first-order valence-corrected chi connectivity index (χ1v) is 7.90. The minimum absolute atomic E-state index is 0.0185. The third kappa shape index (κ3) is 3.71. The number of piperidine rings is 1. The molecule has 1 aromatic carbocycles. The van der Waals surface area contributed by atoms with Crippen LogP contribution in [-0.2, 0) is 4.79 Å². The van der Waals surface area contributed by atoms with Crippen molar-refractivity contribution in [3.63, 3.8) is 0 Å². The van der Waals surface area contributed by atoms with Crippen molar-refractivity contribution in [2.45, 2.75) is 31.8 Å². The molecule has 1 aliphatic heterocycles. The van der Waals surface area contributed by atoms with Gasteiger partial charge >= 0.3 is 0 Å². The topological polar surface area (TPSA) is 80.3 Å². The molecule has 1 saturated heterocycles. The van der Waals surface area contributed by atoms with Crippen molar-refractivity contribution in [2.75, 3.05) is 0 Å². The van der Waals surface area contributed by atoms with Crippen molar-refractivity contribution in [3.05, 3.63) is 54.4 Å². The summed E-state index contributed by atoms with van der Waals surface area (Å²) in [6.07, 6.45) is 4.12. The van der Waals surface area contributed by atoms with E-state index in [1.807, 2.05) is 37.3 Å². The predicted octanol–water partition coefficient (Wildman–Crippen LogP) is 2.27. The van der Waals surface area contributed by atoms with Gasteiger partial charge in [0.15, 0.2) is 5.75 Å². The molecule has 1 fully saturated rings. The van der Waals surface area contributed by atoms with E-state index in [1.165, 1.54) is 6.20 Å². The summed E-state index contributed by atoms with van der Waals surface area (Å²) in [6.45, 7) is 1.88. The summed E-state index contributed by atoms with van der Waals surface area (Å²) in [5, 5.41) is 5.81. The molecule has 2 aromatic rings. The van der Waals surface area contributed by atoms with Crippen LogP contribution in [0.3, 0.4) is 0 Å². The van der Waals surface area contributed by atoms with Gasteiger partial charge in [-0.1, -0.05) is 18.2 Å². The summed E-state index contributed by atoms with van der Waals surface area (Å²) in [4.78, 5) is 28.0. The van der Waals surface area contributed by atoms with E-state index < -0.39 is 0 Å². The number of rotatable bonds is 4. The summed E-state index contributed by atoms with van der Waals surface area (Å²) in [6, 6.07) is 10.7. The highest BCUT2D eigenvalue weighted by molar-refractivity contribution is 5.97. The molecule has 1 aliphatic rings. The van der Waals surface area contributed by atoms with Gasteiger partial charge in [-0.3, -0.25) is 14.6 Å². The molecule has 0 bridgehead atoms. The number of hydrogen-bond donors (Lipinski definition) is 2. The van der Waals surface area contributed by atoms with Crippen molar-refractivity contribution in [2.24, 2.45) is 0 Å². The zero-order valence-corrected chi connectivity index (χ0v) is 13.4. The lowest BCUT2D eigenvalue weighted by Gasteiger charge is -2.30. The number of aromatic nitrogens is 1. The molecule has 2 heterocycles. The largest absolute Gasteiger partial charge is 0.455 e. The first-order valence-electron chi connectivity index (χ1n) is 7.90. The maximum absolute atomic E-state index is 12.6. The van der Waals surface area contributed by atoms with Crippen LogP contribution in [0.15, 0.2) is 48.8 Å². The number of pyridine rings is 1. The number of para-hydroxylation sites is 1. The molecule has 2 atom stereocenters. The molecule has 3 rings (SSSR count). The number of amides is 2. The van der Waals surface area contributed by atoms with E-state index >= 15 is 0 Å². The Hall–Kier alpha value is -2.89. The van der Waals surface area contributed by atoms with Crippen molar-refractivity contribution >= 4 is 11.8 Å². The molecule has 1 aromatic heterocycles. The minimum Gasteiger partial charge on any atom is -0.455 e. The molecule has 124 valence electrons. The number of nitrogens with one attached hydrogen (secondary N) is 2. The Morgan fingerprint density at radius 1 is 1.29 bits per heavy atom. The zero-order valence-electron chi connectivity index (χ0n) is 13.4. The van der Waals surface area contributed by atoms with Crippen molar-refractivity contribution in [3.8, 4) is 11.5 Å². The van der Waals surface area contributed by atoms with Crippen molar-refractivity contribution in [1.29, 1.82) is 0 Å². The van der Waals surface area contributed by atoms with Gasteiger partial charge in [-0.25, -0.2) is 0 Å². The van der Waals surface area contributed by atoms with Gasteiger partial charge in [-0.05, 0) is 31.5 Å². The number of carbonyl (C=O) groups excluding carboxylic acids is 2. The highest BCUT2D eigenvalue weighted by Gasteiger charge is 2.27. The molecule has 2 unspecified atom stereocenters. The highest BCUT2D eigenvalue weighted by Crippen LogP contribution is 2.24. The first kappa shape index (κ1) is 16.0. The van der Waals surface area contributed by atoms with Crippen LogP contribution < -0.4 is 15.4 Å². The number of hydrogen-bond acceptors (Lipinski definition) is 4. The Kier molecular flexibility index (Phi) is 4.74. The summed E-state index contributed by atoms with van der Waals surface area (Å²) < 4.78 is 5.77. The predicted molar refractivity (Wildman–Crippen MR) is 88.8 cm³/mol. The second-order valence-corrected chi connectivity index (χ2v) is 5.76. The summed E-state index contributed by atoms with van der Waals surface area (Å²) in [5.74, 6) is 0.813. The summed E-state index contributed by atoms with van der Waals surface area (Å²) >= 11 is 0. The number of benzene rings is 1. The van der Waals surface area contributed by atoms with Gasteiger partial charge in [0.1, 0.15) is 5.75 Å². The molecule has 2 N–H and O–H groups in total. The van der Waals surface area contributed by atoms with E-state index in [0.717, 1.165) is 0 Å². The lowest BCUT2D eigenvalue weighted by Crippen LogP contribution is -2.53. The standard InChI is InChI=1S/C18H19N3O3/c1-12-15(7-8-17(22)20-12)21-18(23)14-9-10-19-11-16(14)24-13-5-3-2-4-6-13/h2-6,9-12,15H,7-8H2,1H3,(H,20,22)(H,21,23). The number of nitrogens with zero attached hydrogens (tertiary/aromatic N) is 1.